The topological polar surface area (TPSA) is 55.8 Å². The van der Waals surface area contributed by atoms with Crippen LogP contribution < -0.4 is 4.74 Å². The van der Waals surface area contributed by atoms with Gasteiger partial charge in [-0.15, -0.1) is 11.3 Å². The van der Waals surface area contributed by atoms with Crippen LogP contribution in [-0.2, 0) is 22.5 Å². The van der Waals surface area contributed by atoms with Crippen molar-refractivity contribution in [3.63, 3.8) is 0 Å². The van der Waals surface area contributed by atoms with Gasteiger partial charge in [-0.1, -0.05) is 6.07 Å². The summed E-state index contributed by atoms with van der Waals surface area (Å²) in [7, 11) is 1.55. The number of carbonyl (C=O) groups is 2. The number of carbonyl (C=O) groups excluding carboxylic acids is 2. The van der Waals surface area contributed by atoms with Crippen LogP contribution in [-0.4, -0.2) is 37.0 Å². The number of nitrogens with zero attached hydrogens (tertiary/aromatic N) is 1. The number of thiophene rings is 1. The normalized spacial score (nSPS) is 13.3. The SMILES string of the molecule is COc1cc(C(=O)OCC(=O)N2CCc3sccc3C2)ccc1C. The standard InChI is InChI=1S/C18H19NO4S/c1-12-3-4-13(9-15(12)22-2)18(21)23-11-17(20)19-7-5-16-14(10-19)6-8-24-16/h3-4,6,8-9H,5,7,10-11H2,1-2H3. The first-order valence-electron chi connectivity index (χ1n) is 7.73. The number of hydrogen-bond acceptors (Lipinski definition) is 5. The van der Waals surface area contributed by atoms with E-state index in [1.54, 1.807) is 41.5 Å². The molecule has 0 aliphatic carbocycles. The average molecular weight is 345 g/mol. The molecule has 6 heteroatoms. The number of esters is 1. The fourth-order valence-corrected chi connectivity index (χ4v) is 3.60. The second-order valence-electron chi connectivity index (χ2n) is 5.69. The van der Waals surface area contributed by atoms with Gasteiger partial charge in [-0.3, -0.25) is 4.79 Å². The zero-order chi connectivity index (χ0) is 17.1. The van der Waals surface area contributed by atoms with Gasteiger partial charge in [0.25, 0.3) is 5.91 Å². The van der Waals surface area contributed by atoms with Crippen molar-refractivity contribution in [2.75, 3.05) is 20.3 Å². The molecule has 0 saturated heterocycles. The van der Waals surface area contributed by atoms with E-state index in [1.807, 2.05) is 18.4 Å². The quantitative estimate of drug-likeness (QED) is 0.800. The summed E-state index contributed by atoms with van der Waals surface area (Å²) in [6.45, 7) is 2.91. The number of benzene rings is 1. The molecule has 1 aromatic carbocycles. The van der Waals surface area contributed by atoms with Crippen LogP contribution in [0.3, 0.4) is 0 Å². The van der Waals surface area contributed by atoms with Crippen molar-refractivity contribution in [1.29, 1.82) is 0 Å². The van der Waals surface area contributed by atoms with Gasteiger partial charge < -0.3 is 14.4 Å². The predicted molar refractivity (Wildman–Crippen MR) is 91.5 cm³/mol. The number of hydrogen-bond donors (Lipinski definition) is 0. The molecular formula is C18H19NO4S. The molecule has 3 rings (SSSR count). The maximum absolute atomic E-state index is 12.3. The number of ether oxygens (including phenoxy) is 2. The van der Waals surface area contributed by atoms with Crippen LogP contribution >= 0.6 is 11.3 Å². The Kier molecular flexibility index (Phi) is 4.85. The van der Waals surface area contributed by atoms with Crippen molar-refractivity contribution in [3.8, 4) is 5.75 Å². The minimum atomic E-state index is -0.519. The summed E-state index contributed by atoms with van der Waals surface area (Å²) in [5.41, 5.74) is 2.50. The van der Waals surface area contributed by atoms with E-state index >= 15 is 0 Å². The molecule has 0 N–H and O–H groups in total. The highest BCUT2D eigenvalue weighted by Crippen LogP contribution is 2.24. The average Bonchev–Trinajstić information content (AvgIpc) is 3.07. The van der Waals surface area contributed by atoms with Crippen LogP contribution in [0.25, 0.3) is 0 Å². The van der Waals surface area contributed by atoms with E-state index in [0.717, 1.165) is 12.0 Å². The summed E-state index contributed by atoms with van der Waals surface area (Å²) < 4.78 is 10.4. The highest BCUT2D eigenvalue weighted by molar-refractivity contribution is 7.10. The fourth-order valence-electron chi connectivity index (χ4n) is 2.71. The van der Waals surface area contributed by atoms with E-state index in [0.29, 0.717) is 24.4 Å². The smallest absolute Gasteiger partial charge is 0.338 e. The Morgan fingerprint density at radius 1 is 1.29 bits per heavy atom. The lowest BCUT2D eigenvalue weighted by Gasteiger charge is -2.26. The molecule has 126 valence electrons. The van der Waals surface area contributed by atoms with E-state index in [-0.39, 0.29) is 12.5 Å². The zero-order valence-corrected chi connectivity index (χ0v) is 14.5. The van der Waals surface area contributed by atoms with Crippen LogP contribution in [0.4, 0.5) is 0 Å². The summed E-state index contributed by atoms with van der Waals surface area (Å²) in [5, 5.41) is 2.05. The van der Waals surface area contributed by atoms with Crippen molar-refractivity contribution in [2.45, 2.75) is 19.9 Å². The Bertz CT molecular complexity index is 768. The van der Waals surface area contributed by atoms with Crippen molar-refractivity contribution < 1.29 is 19.1 Å². The van der Waals surface area contributed by atoms with E-state index in [4.69, 9.17) is 9.47 Å². The molecule has 0 saturated carbocycles. The van der Waals surface area contributed by atoms with Gasteiger partial charge >= 0.3 is 5.97 Å². The van der Waals surface area contributed by atoms with Gasteiger partial charge in [0.05, 0.1) is 12.7 Å². The first-order chi connectivity index (χ1) is 11.6. The Labute approximate surface area is 144 Å². The van der Waals surface area contributed by atoms with Crippen LogP contribution in [0.5, 0.6) is 5.75 Å². The Morgan fingerprint density at radius 2 is 2.12 bits per heavy atom. The predicted octanol–water partition coefficient (Wildman–Crippen LogP) is 2.81. The molecule has 24 heavy (non-hydrogen) atoms. The number of fused-ring (bicyclic) bond motifs is 1. The van der Waals surface area contributed by atoms with Crippen LogP contribution in [0.2, 0.25) is 0 Å². The molecule has 1 aliphatic heterocycles. The molecule has 0 spiro atoms. The van der Waals surface area contributed by atoms with E-state index in [2.05, 4.69) is 0 Å². The highest BCUT2D eigenvalue weighted by Gasteiger charge is 2.22. The summed E-state index contributed by atoms with van der Waals surface area (Å²) >= 11 is 1.72. The molecule has 0 unspecified atom stereocenters. The molecule has 2 heterocycles. The molecular weight excluding hydrogens is 326 g/mol. The van der Waals surface area contributed by atoms with Crippen molar-refractivity contribution in [3.05, 3.63) is 51.2 Å². The zero-order valence-electron chi connectivity index (χ0n) is 13.7. The van der Waals surface area contributed by atoms with Gasteiger partial charge in [0.1, 0.15) is 5.75 Å². The molecule has 2 aromatic rings. The van der Waals surface area contributed by atoms with Crippen molar-refractivity contribution in [2.24, 2.45) is 0 Å². The van der Waals surface area contributed by atoms with Gasteiger partial charge in [-0.2, -0.15) is 0 Å². The monoisotopic (exact) mass is 345 g/mol. The van der Waals surface area contributed by atoms with Crippen molar-refractivity contribution in [1.82, 2.24) is 4.90 Å². The molecule has 0 atom stereocenters. The molecule has 0 fully saturated rings. The second kappa shape index (κ2) is 7.05. The van der Waals surface area contributed by atoms with E-state index < -0.39 is 5.97 Å². The van der Waals surface area contributed by atoms with Gasteiger partial charge in [0.15, 0.2) is 6.61 Å². The lowest BCUT2D eigenvalue weighted by molar-refractivity contribution is -0.135. The minimum Gasteiger partial charge on any atom is -0.496 e. The molecule has 5 nitrogen and oxygen atoms in total. The highest BCUT2D eigenvalue weighted by atomic mass is 32.1. The maximum Gasteiger partial charge on any atom is 0.338 e. The summed E-state index contributed by atoms with van der Waals surface area (Å²) in [4.78, 5) is 27.5. The lowest BCUT2D eigenvalue weighted by Crippen LogP contribution is -2.38. The molecule has 1 aromatic heterocycles. The minimum absolute atomic E-state index is 0.167. The maximum atomic E-state index is 12.3. The van der Waals surface area contributed by atoms with Crippen LogP contribution in [0.15, 0.2) is 29.6 Å². The number of rotatable bonds is 4. The fraction of sp³-hybridized carbons (Fsp3) is 0.333. The third-order valence-corrected chi connectivity index (χ3v) is 5.15. The molecule has 1 aliphatic rings. The second-order valence-corrected chi connectivity index (χ2v) is 6.70. The van der Waals surface area contributed by atoms with Gasteiger partial charge in [0.2, 0.25) is 0 Å². The van der Waals surface area contributed by atoms with Crippen LogP contribution in [0.1, 0.15) is 26.4 Å². The summed E-state index contributed by atoms with van der Waals surface area (Å²) in [5.74, 6) is -0.0639. The lowest BCUT2D eigenvalue weighted by atomic mass is 10.1. The Balaban J connectivity index is 1.57. The number of methoxy groups -OCH3 is 1. The molecule has 1 amide bonds. The Hall–Kier alpha value is -2.34. The van der Waals surface area contributed by atoms with E-state index in [1.165, 1.54) is 10.4 Å². The van der Waals surface area contributed by atoms with Crippen molar-refractivity contribution >= 4 is 23.2 Å². The largest absolute Gasteiger partial charge is 0.496 e. The first kappa shape index (κ1) is 16.5. The van der Waals surface area contributed by atoms with Crippen LogP contribution in [0, 0.1) is 6.92 Å². The molecule has 0 radical (unpaired) electrons. The summed E-state index contributed by atoms with van der Waals surface area (Å²) in [6, 6.07) is 7.13. The Morgan fingerprint density at radius 3 is 2.92 bits per heavy atom. The molecule has 0 bridgehead atoms. The van der Waals surface area contributed by atoms with Gasteiger partial charge in [0, 0.05) is 18.0 Å². The van der Waals surface area contributed by atoms with Gasteiger partial charge in [-0.25, -0.2) is 4.79 Å². The van der Waals surface area contributed by atoms with E-state index in [9.17, 15) is 9.59 Å². The van der Waals surface area contributed by atoms with Gasteiger partial charge in [-0.05, 0) is 48.1 Å². The summed E-state index contributed by atoms with van der Waals surface area (Å²) in [6.07, 6.45) is 0.863. The third-order valence-electron chi connectivity index (χ3n) is 4.13. The number of aryl methyl sites for hydroxylation is 1. The number of amides is 1. The first-order valence-corrected chi connectivity index (χ1v) is 8.61. The third kappa shape index (κ3) is 3.43.